The summed E-state index contributed by atoms with van der Waals surface area (Å²) >= 11 is 0. The van der Waals surface area contributed by atoms with Crippen molar-refractivity contribution in [3.63, 3.8) is 0 Å². The summed E-state index contributed by atoms with van der Waals surface area (Å²) in [5.41, 5.74) is 6.06. The van der Waals surface area contributed by atoms with Crippen molar-refractivity contribution in [2.24, 2.45) is 5.73 Å². The first-order chi connectivity index (χ1) is 8.26. The lowest BCUT2D eigenvalue weighted by Gasteiger charge is -2.40. The van der Waals surface area contributed by atoms with Gasteiger partial charge in [0.25, 0.3) is 0 Å². The molecule has 0 spiro atoms. The molecule has 102 valence electrons. The second-order valence-corrected chi connectivity index (χ2v) is 5.13. The van der Waals surface area contributed by atoms with Crippen molar-refractivity contribution in [2.75, 3.05) is 26.8 Å². The van der Waals surface area contributed by atoms with Gasteiger partial charge in [-0.1, -0.05) is 0 Å². The largest absolute Gasteiger partial charge is 0.396 e. The Morgan fingerprint density at radius 3 is 2.53 bits per heavy atom. The van der Waals surface area contributed by atoms with Gasteiger partial charge in [-0.3, -0.25) is 0 Å². The van der Waals surface area contributed by atoms with Gasteiger partial charge in [-0.05, 0) is 51.5 Å². The van der Waals surface area contributed by atoms with Gasteiger partial charge in [-0.15, -0.1) is 0 Å². The van der Waals surface area contributed by atoms with Gasteiger partial charge in [0, 0.05) is 25.8 Å². The molecule has 1 fully saturated rings. The predicted octanol–water partition coefficient (Wildman–Crippen LogP) is 1.03. The molecule has 0 saturated heterocycles. The van der Waals surface area contributed by atoms with Gasteiger partial charge in [0.15, 0.2) is 0 Å². The van der Waals surface area contributed by atoms with E-state index in [1.807, 2.05) is 0 Å². The molecule has 1 rings (SSSR count). The van der Waals surface area contributed by atoms with E-state index in [9.17, 15) is 0 Å². The number of rotatable bonds is 8. The van der Waals surface area contributed by atoms with Crippen LogP contribution in [0.4, 0.5) is 0 Å². The number of nitrogens with one attached hydrogen (secondary N) is 1. The van der Waals surface area contributed by atoms with Gasteiger partial charge < -0.3 is 20.9 Å². The maximum absolute atomic E-state index is 8.71. The smallest absolute Gasteiger partial charge is 0.0572 e. The van der Waals surface area contributed by atoms with Crippen LogP contribution in [-0.4, -0.2) is 43.6 Å². The Balaban J connectivity index is 2.22. The van der Waals surface area contributed by atoms with Gasteiger partial charge in [0.05, 0.1) is 6.10 Å². The highest BCUT2D eigenvalue weighted by Gasteiger charge is 2.33. The second kappa shape index (κ2) is 8.03. The minimum Gasteiger partial charge on any atom is -0.396 e. The highest BCUT2D eigenvalue weighted by Crippen LogP contribution is 2.29. The number of hydrogen-bond donors (Lipinski definition) is 3. The van der Waals surface area contributed by atoms with Crippen LogP contribution in [0, 0.1) is 0 Å². The van der Waals surface area contributed by atoms with Crippen molar-refractivity contribution in [1.82, 2.24) is 5.32 Å². The topological polar surface area (TPSA) is 67.5 Å². The molecular weight excluding hydrogens is 216 g/mol. The first-order valence-electron chi connectivity index (χ1n) is 6.85. The normalized spacial score (nSPS) is 29.5. The summed E-state index contributed by atoms with van der Waals surface area (Å²) in [6, 6.07) is 0. The molecule has 17 heavy (non-hydrogen) atoms. The summed E-state index contributed by atoms with van der Waals surface area (Å²) in [6.45, 7) is 2.02. The zero-order valence-electron chi connectivity index (χ0n) is 11.1. The van der Waals surface area contributed by atoms with E-state index in [4.69, 9.17) is 15.6 Å². The molecule has 1 saturated carbocycles. The van der Waals surface area contributed by atoms with E-state index < -0.39 is 0 Å². The maximum Gasteiger partial charge on any atom is 0.0572 e. The van der Waals surface area contributed by atoms with Crippen molar-refractivity contribution in [3.05, 3.63) is 0 Å². The van der Waals surface area contributed by atoms with Gasteiger partial charge in [-0.25, -0.2) is 0 Å². The van der Waals surface area contributed by atoms with Crippen molar-refractivity contribution in [3.8, 4) is 0 Å². The Kier molecular flexibility index (Phi) is 7.04. The maximum atomic E-state index is 8.71. The van der Waals surface area contributed by atoms with E-state index in [1.165, 1.54) is 0 Å². The molecule has 0 aromatic rings. The number of hydrogen-bond acceptors (Lipinski definition) is 4. The molecule has 1 aliphatic carbocycles. The third kappa shape index (κ3) is 4.92. The first kappa shape index (κ1) is 14.9. The molecule has 0 amide bonds. The first-order valence-corrected chi connectivity index (χ1v) is 6.85. The Morgan fingerprint density at radius 1 is 1.29 bits per heavy atom. The third-order valence-corrected chi connectivity index (χ3v) is 3.95. The van der Waals surface area contributed by atoms with Crippen LogP contribution in [0.5, 0.6) is 0 Å². The average Bonchev–Trinajstić information content (AvgIpc) is 2.39. The Morgan fingerprint density at radius 2 is 2.00 bits per heavy atom. The summed E-state index contributed by atoms with van der Waals surface area (Å²) in [7, 11) is 1.79. The number of nitrogens with two attached hydrogens (primary N) is 1. The molecule has 0 aromatic heterocycles. The van der Waals surface area contributed by atoms with Crippen molar-refractivity contribution < 1.29 is 9.84 Å². The van der Waals surface area contributed by atoms with Crippen molar-refractivity contribution >= 4 is 0 Å². The van der Waals surface area contributed by atoms with Crippen LogP contribution >= 0.6 is 0 Å². The number of ether oxygens (including phenoxy) is 1. The van der Waals surface area contributed by atoms with Crippen molar-refractivity contribution in [1.29, 1.82) is 0 Å². The summed E-state index contributed by atoms with van der Waals surface area (Å²) in [4.78, 5) is 0. The van der Waals surface area contributed by atoms with E-state index in [0.717, 1.165) is 51.5 Å². The molecule has 0 atom stereocenters. The predicted molar refractivity (Wildman–Crippen MR) is 70.0 cm³/mol. The number of unbranched alkanes of at least 4 members (excludes halogenated alkanes) is 2. The fourth-order valence-corrected chi connectivity index (χ4v) is 2.60. The molecule has 0 aliphatic heterocycles. The van der Waals surface area contributed by atoms with E-state index in [1.54, 1.807) is 7.11 Å². The second-order valence-electron chi connectivity index (χ2n) is 5.13. The van der Waals surface area contributed by atoms with Gasteiger partial charge in [0.2, 0.25) is 0 Å². The van der Waals surface area contributed by atoms with Crippen molar-refractivity contribution in [2.45, 2.75) is 56.6 Å². The highest BCUT2D eigenvalue weighted by molar-refractivity contribution is 4.94. The van der Waals surface area contributed by atoms with E-state index in [2.05, 4.69) is 5.32 Å². The summed E-state index contributed by atoms with van der Waals surface area (Å²) < 4.78 is 5.39. The molecular formula is C13H28N2O2. The van der Waals surface area contributed by atoms with Crippen LogP contribution in [0.1, 0.15) is 44.9 Å². The lowest BCUT2D eigenvalue weighted by molar-refractivity contribution is 0.0431. The Labute approximate surface area is 105 Å². The molecule has 0 unspecified atom stereocenters. The molecule has 0 aromatic carbocycles. The van der Waals surface area contributed by atoms with Crippen LogP contribution in [0.3, 0.4) is 0 Å². The SMILES string of the molecule is COC1CCC(CN)(NCCCCCO)CC1. The van der Waals surface area contributed by atoms with Crippen LogP contribution in [-0.2, 0) is 4.74 Å². The van der Waals surface area contributed by atoms with E-state index in [0.29, 0.717) is 19.3 Å². The zero-order chi connectivity index (χ0) is 12.6. The van der Waals surface area contributed by atoms with Gasteiger partial charge >= 0.3 is 0 Å². The van der Waals surface area contributed by atoms with Crippen LogP contribution < -0.4 is 11.1 Å². The quantitative estimate of drug-likeness (QED) is 0.558. The third-order valence-electron chi connectivity index (χ3n) is 3.95. The molecule has 4 N–H and O–H groups in total. The lowest BCUT2D eigenvalue weighted by atomic mass is 9.80. The minimum atomic E-state index is 0.133. The molecule has 4 heteroatoms. The number of methoxy groups -OCH3 is 1. The fraction of sp³-hybridized carbons (Fsp3) is 1.00. The van der Waals surface area contributed by atoms with E-state index >= 15 is 0 Å². The van der Waals surface area contributed by atoms with E-state index in [-0.39, 0.29) is 5.54 Å². The Bertz CT molecular complexity index is 192. The van der Waals surface area contributed by atoms with Gasteiger partial charge in [0.1, 0.15) is 0 Å². The van der Waals surface area contributed by atoms with Crippen LogP contribution in [0.2, 0.25) is 0 Å². The standard InChI is InChI=1S/C13H28N2O2/c1-17-12-5-7-13(11-14,8-6-12)15-9-3-2-4-10-16/h12,15-16H,2-11,14H2,1H3. The van der Waals surface area contributed by atoms with Crippen LogP contribution in [0.25, 0.3) is 0 Å². The van der Waals surface area contributed by atoms with Gasteiger partial charge in [-0.2, -0.15) is 0 Å². The molecule has 4 nitrogen and oxygen atoms in total. The monoisotopic (exact) mass is 244 g/mol. The number of aliphatic hydroxyl groups is 1. The number of aliphatic hydroxyl groups excluding tert-OH is 1. The summed E-state index contributed by atoms with van der Waals surface area (Å²) in [5, 5.41) is 12.3. The zero-order valence-corrected chi connectivity index (χ0v) is 11.1. The molecule has 0 bridgehead atoms. The van der Waals surface area contributed by atoms with Crippen LogP contribution in [0.15, 0.2) is 0 Å². The highest BCUT2D eigenvalue weighted by atomic mass is 16.5. The molecule has 1 aliphatic rings. The lowest BCUT2D eigenvalue weighted by Crippen LogP contribution is -2.54. The summed E-state index contributed by atoms with van der Waals surface area (Å²) in [6.07, 6.45) is 7.98. The molecule has 0 heterocycles. The minimum absolute atomic E-state index is 0.133. The fourth-order valence-electron chi connectivity index (χ4n) is 2.60. The molecule has 0 radical (unpaired) electrons. The average molecular weight is 244 g/mol. The Hall–Kier alpha value is -0.160. The summed E-state index contributed by atoms with van der Waals surface area (Å²) in [5.74, 6) is 0.